The highest BCUT2D eigenvalue weighted by Gasteiger charge is 2.22. The van der Waals surface area contributed by atoms with Crippen LogP contribution in [0.25, 0.3) is 99.9 Å². The van der Waals surface area contributed by atoms with E-state index in [1.807, 2.05) is 60.7 Å². The summed E-state index contributed by atoms with van der Waals surface area (Å²) in [7, 11) is 0. The van der Waals surface area contributed by atoms with Gasteiger partial charge in [-0.25, -0.2) is 15.0 Å². The maximum atomic E-state index is 6.79. The third-order valence-corrected chi connectivity index (χ3v) is 9.73. The van der Waals surface area contributed by atoms with E-state index in [1.165, 1.54) is 11.1 Å². The van der Waals surface area contributed by atoms with E-state index in [0.717, 1.165) is 71.3 Å². The van der Waals surface area contributed by atoms with Gasteiger partial charge in [-0.3, -0.25) is 0 Å². The van der Waals surface area contributed by atoms with E-state index >= 15 is 0 Å². The predicted molar refractivity (Wildman–Crippen MR) is 209 cm³/mol. The van der Waals surface area contributed by atoms with Crippen molar-refractivity contribution in [1.29, 1.82) is 0 Å². The zero-order valence-electron chi connectivity index (χ0n) is 27.5. The molecule has 0 aliphatic heterocycles. The van der Waals surface area contributed by atoms with Crippen molar-refractivity contribution in [3.8, 4) is 56.4 Å². The second kappa shape index (κ2) is 11.9. The Bertz CT molecular complexity index is 2840. The van der Waals surface area contributed by atoms with Crippen LogP contribution >= 0.6 is 0 Å². The highest BCUT2D eigenvalue weighted by Crippen LogP contribution is 2.46. The molecule has 0 aliphatic rings. The molecule has 51 heavy (non-hydrogen) atoms. The van der Waals surface area contributed by atoms with Crippen LogP contribution in [0, 0.1) is 0 Å². The Morgan fingerprint density at radius 3 is 1.61 bits per heavy atom. The lowest BCUT2D eigenvalue weighted by Gasteiger charge is -2.16. The van der Waals surface area contributed by atoms with E-state index in [9.17, 15) is 0 Å². The molecule has 2 heterocycles. The van der Waals surface area contributed by atoms with Crippen LogP contribution in [-0.4, -0.2) is 15.0 Å². The normalized spacial score (nSPS) is 11.5. The fourth-order valence-corrected chi connectivity index (χ4v) is 7.39. The number of furan rings is 1. The summed E-state index contributed by atoms with van der Waals surface area (Å²) in [6, 6.07) is 60.9. The second-order valence-corrected chi connectivity index (χ2v) is 12.7. The Morgan fingerprint density at radius 1 is 0.353 bits per heavy atom. The topological polar surface area (TPSA) is 51.8 Å². The molecule has 4 nitrogen and oxygen atoms in total. The molecule has 0 spiro atoms. The van der Waals surface area contributed by atoms with Crippen LogP contribution in [-0.2, 0) is 0 Å². The van der Waals surface area contributed by atoms with Gasteiger partial charge in [-0.05, 0) is 51.0 Å². The van der Waals surface area contributed by atoms with E-state index in [2.05, 4.69) is 115 Å². The average Bonchev–Trinajstić information content (AvgIpc) is 3.60. The number of fused-ring (bicyclic) bond motifs is 6. The quantitative estimate of drug-likeness (QED) is 0.186. The number of aromatic nitrogens is 3. The molecular formula is C47H29N3O. The van der Waals surface area contributed by atoms with Gasteiger partial charge in [-0.15, -0.1) is 0 Å². The summed E-state index contributed by atoms with van der Waals surface area (Å²) in [6.45, 7) is 0. The van der Waals surface area contributed by atoms with Crippen molar-refractivity contribution in [3.05, 3.63) is 176 Å². The predicted octanol–water partition coefficient (Wildman–Crippen LogP) is 12.4. The Morgan fingerprint density at radius 2 is 0.922 bits per heavy atom. The molecule has 10 rings (SSSR count). The number of benzene rings is 8. The van der Waals surface area contributed by atoms with Crippen molar-refractivity contribution < 1.29 is 4.42 Å². The standard InChI is InChI=1S/C47H29N3O/c1-4-15-30(16-5-1)39-29-40-43-37(25-14-26-41(43)51-44(40)36-24-13-12-23-35(36)39)42-34-22-11-10-17-31(34)27-28-38(42)47-49-45(32-18-6-2-7-19-32)48-46(50-47)33-20-8-3-9-21-33/h1-29H. The molecule has 4 heteroatoms. The van der Waals surface area contributed by atoms with Crippen LogP contribution < -0.4 is 0 Å². The summed E-state index contributed by atoms with van der Waals surface area (Å²) in [4.78, 5) is 15.3. The Hall–Kier alpha value is -6.91. The van der Waals surface area contributed by atoms with Crippen molar-refractivity contribution in [1.82, 2.24) is 15.0 Å². The van der Waals surface area contributed by atoms with Crippen LogP contribution in [0.3, 0.4) is 0 Å². The van der Waals surface area contributed by atoms with E-state index < -0.39 is 0 Å². The smallest absolute Gasteiger partial charge is 0.164 e. The molecule has 0 unspecified atom stereocenters. The zero-order chi connectivity index (χ0) is 33.7. The maximum Gasteiger partial charge on any atom is 0.164 e. The number of hydrogen-bond donors (Lipinski definition) is 0. The van der Waals surface area contributed by atoms with Crippen LogP contribution in [0.4, 0.5) is 0 Å². The largest absolute Gasteiger partial charge is 0.455 e. The van der Waals surface area contributed by atoms with Gasteiger partial charge in [0.15, 0.2) is 17.5 Å². The molecular weight excluding hydrogens is 623 g/mol. The first-order valence-electron chi connectivity index (χ1n) is 17.1. The third-order valence-electron chi connectivity index (χ3n) is 9.73. The minimum absolute atomic E-state index is 0.615. The van der Waals surface area contributed by atoms with Gasteiger partial charge in [0.05, 0.1) is 0 Å². The lowest BCUT2D eigenvalue weighted by Crippen LogP contribution is -2.01. The van der Waals surface area contributed by atoms with Gasteiger partial charge in [-0.2, -0.15) is 0 Å². The minimum atomic E-state index is 0.615. The lowest BCUT2D eigenvalue weighted by atomic mass is 9.89. The molecule has 8 aromatic carbocycles. The van der Waals surface area contributed by atoms with Crippen molar-refractivity contribution in [2.75, 3.05) is 0 Å². The first-order valence-corrected chi connectivity index (χ1v) is 17.1. The molecule has 0 aliphatic carbocycles. The van der Waals surface area contributed by atoms with Crippen LogP contribution in [0.2, 0.25) is 0 Å². The van der Waals surface area contributed by atoms with Gasteiger partial charge >= 0.3 is 0 Å². The molecule has 0 radical (unpaired) electrons. The van der Waals surface area contributed by atoms with E-state index in [4.69, 9.17) is 19.4 Å². The van der Waals surface area contributed by atoms with Crippen molar-refractivity contribution in [3.63, 3.8) is 0 Å². The lowest BCUT2D eigenvalue weighted by molar-refractivity contribution is 0.673. The molecule has 0 N–H and O–H groups in total. The molecule has 238 valence electrons. The summed E-state index contributed by atoms with van der Waals surface area (Å²) in [5, 5.41) is 6.64. The first-order chi connectivity index (χ1) is 25.3. The summed E-state index contributed by atoms with van der Waals surface area (Å²) in [6.07, 6.45) is 0. The molecule has 0 saturated heterocycles. The summed E-state index contributed by atoms with van der Waals surface area (Å²) in [5.74, 6) is 1.87. The van der Waals surface area contributed by atoms with Gasteiger partial charge in [0, 0.05) is 38.4 Å². The Kier molecular flexibility index (Phi) is 6.78. The Labute approximate surface area is 294 Å². The summed E-state index contributed by atoms with van der Waals surface area (Å²) < 4.78 is 6.79. The van der Waals surface area contributed by atoms with Gasteiger partial charge in [-0.1, -0.05) is 158 Å². The maximum absolute atomic E-state index is 6.79. The molecule has 0 fully saturated rings. The number of hydrogen-bond acceptors (Lipinski definition) is 4. The minimum Gasteiger partial charge on any atom is -0.455 e. The molecule has 0 saturated carbocycles. The summed E-state index contributed by atoms with van der Waals surface area (Å²) >= 11 is 0. The highest BCUT2D eigenvalue weighted by molar-refractivity contribution is 6.24. The first kappa shape index (κ1) is 29.0. The van der Waals surface area contributed by atoms with Gasteiger partial charge in [0.2, 0.25) is 0 Å². The summed E-state index contributed by atoms with van der Waals surface area (Å²) in [5.41, 5.74) is 8.97. The SMILES string of the molecule is c1ccc(-c2nc(-c3ccccc3)nc(-c3ccc4ccccc4c3-c3cccc4oc5c6ccccc6c(-c6ccccc6)cc5c34)n2)cc1. The van der Waals surface area contributed by atoms with Gasteiger partial charge in [0.1, 0.15) is 11.2 Å². The second-order valence-electron chi connectivity index (χ2n) is 12.7. The molecule has 0 atom stereocenters. The van der Waals surface area contributed by atoms with Gasteiger partial charge < -0.3 is 4.42 Å². The molecule has 0 bridgehead atoms. The fraction of sp³-hybridized carbons (Fsp3) is 0. The highest BCUT2D eigenvalue weighted by atomic mass is 16.3. The van der Waals surface area contributed by atoms with Crippen LogP contribution in [0.15, 0.2) is 180 Å². The Balaban J connectivity index is 1.31. The zero-order valence-corrected chi connectivity index (χ0v) is 27.5. The van der Waals surface area contributed by atoms with Crippen molar-refractivity contribution in [2.45, 2.75) is 0 Å². The van der Waals surface area contributed by atoms with E-state index in [-0.39, 0.29) is 0 Å². The third kappa shape index (κ3) is 4.88. The molecule has 2 aromatic heterocycles. The average molecular weight is 652 g/mol. The fourth-order valence-electron chi connectivity index (χ4n) is 7.39. The monoisotopic (exact) mass is 651 g/mol. The van der Waals surface area contributed by atoms with Crippen LogP contribution in [0.1, 0.15) is 0 Å². The van der Waals surface area contributed by atoms with Gasteiger partial charge in [0.25, 0.3) is 0 Å². The van der Waals surface area contributed by atoms with Crippen molar-refractivity contribution >= 4 is 43.5 Å². The number of rotatable bonds is 5. The van der Waals surface area contributed by atoms with Crippen LogP contribution in [0.5, 0.6) is 0 Å². The van der Waals surface area contributed by atoms with E-state index in [1.54, 1.807) is 0 Å². The van der Waals surface area contributed by atoms with Crippen molar-refractivity contribution in [2.24, 2.45) is 0 Å². The molecule has 0 amide bonds. The number of nitrogens with zero attached hydrogens (tertiary/aromatic N) is 3. The molecule has 10 aromatic rings. The van der Waals surface area contributed by atoms with E-state index in [0.29, 0.717) is 17.5 Å².